The summed E-state index contributed by atoms with van der Waals surface area (Å²) in [4.78, 5) is 4.41. The largest absolute Gasteiger partial charge is 0.335 e. The van der Waals surface area contributed by atoms with E-state index in [-0.39, 0.29) is 5.41 Å². The molecule has 1 aromatic rings. The topological polar surface area (TPSA) is 29.9 Å². The van der Waals surface area contributed by atoms with Gasteiger partial charge in [-0.2, -0.15) is 0 Å². The minimum absolute atomic E-state index is 0.263. The summed E-state index contributed by atoms with van der Waals surface area (Å²) in [5.41, 5.74) is 0.263. The standard InChI is InChI=1S/C12H23N3/c1-6-15-8-7-14-11(15)9-10(13-5)12(2,3)4/h7-8,10,13H,6,9H2,1-5H3. The van der Waals surface area contributed by atoms with E-state index in [1.54, 1.807) is 0 Å². The van der Waals surface area contributed by atoms with Gasteiger partial charge in [-0.25, -0.2) is 4.98 Å². The Bertz CT molecular complexity index is 296. The fourth-order valence-corrected chi connectivity index (χ4v) is 1.84. The average Bonchev–Trinajstić information content (AvgIpc) is 2.59. The number of imidazole rings is 1. The number of likely N-dealkylation sites (N-methyl/N-ethyl adjacent to an activating group) is 1. The van der Waals surface area contributed by atoms with Crippen molar-refractivity contribution in [1.82, 2.24) is 14.9 Å². The van der Waals surface area contributed by atoms with Gasteiger partial charge in [0.2, 0.25) is 0 Å². The molecule has 3 nitrogen and oxygen atoms in total. The SMILES string of the molecule is CCn1ccnc1CC(NC)C(C)(C)C. The molecule has 0 fully saturated rings. The van der Waals surface area contributed by atoms with Crippen LogP contribution < -0.4 is 5.32 Å². The zero-order valence-corrected chi connectivity index (χ0v) is 10.5. The number of aromatic nitrogens is 2. The van der Waals surface area contributed by atoms with Crippen molar-refractivity contribution in [3.63, 3.8) is 0 Å². The summed E-state index contributed by atoms with van der Waals surface area (Å²) >= 11 is 0. The van der Waals surface area contributed by atoms with Crippen molar-refractivity contribution in [2.75, 3.05) is 7.05 Å². The molecule has 1 heterocycles. The molecule has 0 aliphatic heterocycles. The predicted octanol–water partition coefficient (Wildman–Crippen LogP) is 2.08. The Morgan fingerprint density at radius 2 is 2.13 bits per heavy atom. The highest BCUT2D eigenvalue weighted by Gasteiger charge is 2.24. The van der Waals surface area contributed by atoms with Crippen LogP contribution in [-0.2, 0) is 13.0 Å². The summed E-state index contributed by atoms with van der Waals surface area (Å²) in [7, 11) is 2.02. The van der Waals surface area contributed by atoms with Gasteiger partial charge in [-0.3, -0.25) is 0 Å². The van der Waals surface area contributed by atoms with Gasteiger partial charge in [-0.1, -0.05) is 20.8 Å². The van der Waals surface area contributed by atoms with E-state index >= 15 is 0 Å². The molecule has 0 aliphatic rings. The fourth-order valence-electron chi connectivity index (χ4n) is 1.84. The Morgan fingerprint density at radius 3 is 2.60 bits per heavy atom. The molecular formula is C12H23N3. The Hall–Kier alpha value is -0.830. The van der Waals surface area contributed by atoms with Crippen LogP contribution in [0, 0.1) is 5.41 Å². The average molecular weight is 209 g/mol. The molecule has 0 amide bonds. The third kappa shape index (κ3) is 3.06. The zero-order chi connectivity index (χ0) is 11.5. The van der Waals surface area contributed by atoms with Crippen LogP contribution in [-0.4, -0.2) is 22.6 Å². The maximum Gasteiger partial charge on any atom is 0.110 e. The first kappa shape index (κ1) is 12.2. The minimum Gasteiger partial charge on any atom is -0.335 e. The highest BCUT2D eigenvalue weighted by atomic mass is 15.1. The molecule has 0 bridgehead atoms. The van der Waals surface area contributed by atoms with Crippen molar-refractivity contribution in [2.24, 2.45) is 5.41 Å². The molecular weight excluding hydrogens is 186 g/mol. The lowest BCUT2D eigenvalue weighted by atomic mass is 9.85. The highest BCUT2D eigenvalue weighted by molar-refractivity contribution is 4.97. The second kappa shape index (κ2) is 4.79. The Labute approximate surface area is 92.9 Å². The zero-order valence-electron chi connectivity index (χ0n) is 10.5. The van der Waals surface area contributed by atoms with Gasteiger partial charge in [0.25, 0.3) is 0 Å². The lowest BCUT2D eigenvalue weighted by molar-refractivity contribution is 0.274. The molecule has 3 heteroatoms. The summed E-state index contributed by atoms with van der Waals surface area (Å²) in [6, 6.07) is 0.463. The van der Waals surface area contributed by atoms with Crippen LogP contribution >= 0.6 is 0 Å². The van der Waals surface area contributed by atoms with Crippen LogP contribution in [0.5, 0.6) is 0 Å². The Morgan fingerprint density at radius 1 is 1.47 bits per heavy atom. The minimum atomic E-state index is 0.263. The number of hydrogen-bond donors (Lipinski definition) is 1. The van der Waals surface area contributed by atoms with Crippen molar-refractivity contribution in [1.29, 1.82) is 0 Å². The van der Waals surface area contributed by atoms with Crippen LogP contribution in [0.4, 0.5) is 0 Å². The summed E-state index contributed by atoms with van der Waals surface area (Å²) in [6.45, 7) is 9.92. The first-order chi connectivity index (χ1) is 6.99. The quantitative estimate of drug-likeness (QED) is 0.823. The van der Waals surface area contributed by atoms with E-state index in [9.17, 15) is 0 Å². The highest BCUT2D eigenvalue weighted by Crippen LogP contribution is 2.21. The molecule has 0 saturated heterocycles. The third-order valence-corrected chi connectivity index (χ3v) is 2.92. The number of nitrogens with zero attached hydrogens (tertiary/aromatic N) is 2. The van der Waals surface area contributed by atoms with E-state index in [0.717, 1.165) is 13.0 Å². The van der Waals surface area contributed by atoms with Gasteiger partial charge in [0, 0.05) is 31.4 Å². The van der Waals surface area contributed by atoms with Crippen molar-refractivity contribution < 1.29 is 0 Å². The molecule has 86 valence electrons. The molecule has 0 spiro atoms. The van der Waals surface area contributed by atoms with Crippen molar-refractivity contribution in [3.8, 4) is 0 Å². The molecule has 1 unspecified atom stereocenters. The van der Waals surface area contributed by atoms with Crippen LogP contribution in [0.3, 0.4) is 0 Å². The monoisotopic (exact) mass is 209 g/mol. The second-order valence-corrected chi connectivity index (χ2v) is 5.04. The maximum absolute atomic E-state index is 4.41. The summed E-state index contributed by atoms with van der Waals surface area (Å²) in [6.07, 6.45) is 4.92. The van der Waals surface area contributed by atoms with Gasteiger partial charge in [0.15, 0.2) is 0 Å². The molecule has 0 aromatic carbocycles. The van der Waals surface area contributed by atoms with Gasteiger partial charge in [-0.05, 0) is 19.4 Å². The first-order valence-corrected chi connectivity index (χ1v) is 5.66. The van der Waals surface area contributed by atoms with Crippen molar-refractivity contribution >= 4 is 0 Å². The van der Waals surface area contributed by atoms with Crippen LogP contribution in [0.1, 0.15) is 33.5 Å². The van der Waals surface area contributed by atoms with E-state index in [0.29, 0.717) is 6.04 Å². The Balaban J connectivity index is 2.75. The maximum atomic E-state index is 4.41. The molecule has 1 N–H and O–H groups in total. The fraction of sp³-hybridized carbons (Fsp3) is 0.750. The summed E-state index contributed by atoms with van der Waals surface area (Å²) in [5.74, 6) is 1.17. The van der Waals surface area contributed by atoms with Crippen LogP contribution in [0.25, 0.3) is 0 Å². The van der Waals surface area contributed by atoms with Gasteiger partial charge < -0.3 is 9.88 Å². The van der Waals surface area contributed by atoms with Crippen molar-refractivity contribution in [2.45, 2.75) is 46.7 Å². The molecule has 0 aliphatic carbocycles. The van der Waals surface area contributed by atoms with Gasteiger partial charge in [0.05, 0.1) is 0 Å². The van der Waals surface area contributed by atoms with Crippen LogP contribution in [0.2, 0.25) is 0 Å². The lowest BCUT2D eigenvalue weighted by Crippen LogP contribution is -2.40. The van der Waals surface area contributed by atoms with E-state index in [1.165, 1.54) is 5.82 Å². The van der Waals surface area contributed by atoms with Gasteiger partial charge in [0.1, 0.15) is 5.82 Å². The normalized spacial score (nSPS) is 14.2. The summed E-state index contributed by atoms with van der Waals surface area (Å²) in [5, 5.41) is 3.38. The summed E-state index contributed by atoms with van der Waals surface area (Å²) < 4.78 is 2.20. The molecule has 1 aromatic heterocycles. The molecule has 1 atom stereocenters. The molecule has 15 heavy (non-hydrogen) atoms. The number of hydrogen-bond acceptors (Lipinski definition) is 2. The van der Waals surface area contributed by atoms with Gasteiger partial charge >= 0.3 is 0 Å². The molecule has 1 rings (SSSR count). The number of nitrogens with one attached hydrogen (secondary N) is 1. The van der Waals surface area contributed by atoms with E-state index in [4.69, 9.17) is 0 Å². The lowest BCUT2D eigenvalue weighted by Gasteiger charge is -2.30. The smallest absolute Gasteiger partial charge is 0.110 e. The van der Waals surface area contributed by atoms with Crippen molar-refractivity contribution in [3.05, 3.63) is 18.2 Å². The Kier molecular flexibility index (Phi) is 3.91. The molecule has 0 saturated carbocycles. The predicted molar refractivity (Wildman–Crippen MR) is 63.9 cm³/mol. The van der Waals surface area contributed by atoms with Crippen LogP contribution in [0.15, 0.2) is 12.4 Å². The van der Waals surface area contributed by atoms with Gasteiger partial charge in [-0.15, -0.1) is 0 Å². The first-order valence-electron chi connectivity index (χ1n) is 5.66. The van der Waals surface area contributed by atoms with E-state index < -0.39 is 0 Å². The third-order valence-electron chi connectivity index (χ3n) is 2.92. The van der Waals surface area contributed by atoms with E-state index in [1.807, 2.05) is 19.4 Å². The number of aryl methyl sites for hydroxylation is 1. The number of rotatable bonds is 4. The molecule has 0 radical (unpaired) electrons. The van der Waals surface area contributed by atoms with E-state index in [2.05, 4.69) is 42.6 Å². The second-order valence-electron chi connectivity index (χ2n) is 5.04.